The van der Waals surface area contributed by atoms with Crippen molar-refractivity contribution in [3.63, 3.8) is 0 Å². The molecule has 1 aromatic carbocycles. The molecule has 0 atom stereocenters. The van der Waals surface area contributed by atoms with E-state index < -0.39 is 5.97 Å². The van der Waals surface area contributed by atoms with Crippen LogP contribution in [-0.4, -0.2) is 11.1 Å². The first-order valence-corrected chi connectivity index (χ1v) is 5.18. The predicted molar refractivity (Wildman–Crippen MR) is 64.1 cm³/mol. The number of allylic oxidation sites excluding steroid dienone is 1. The van der Waals surface area contributed by atoms with Crippen LogP contribution in [-0.2, 0) is 4.79 Å². The van der Waals surface area contributed by atoms with Crippen molar-refractivity contribution in [1.29, 1.82) is 0 Å². The molecule has 2 nitrogen and oxygen atoms in total. The molecule has 0 spiro atoms. The van der Waals surface area contributed by atoms with Crippen LogP contribution in [0.25, 0.3) is 5.57 Å². The van der Waals surface area contributed by atoms with E-state index in [2.05, 4.69) is 0 Å². The minimum Gasteiger partial charge on any atom is -0.478 e. The molecule has 0 radical (unpaired) electrons. The van der Waals surface area contributed by atoms with Gasteiger partial charge in [-0.15, -0.1) is 0 Å². The van der Waals surface area contributed by atoms with E-state index in [4.69, 9.17) is 16.7 Å². The standard InChI is InChI=1S/C10H9ClO2.C2H6/c1-2-9(10(12)13)7-3-5-8(11)6-4-7;1-2/h2-6H,1H3,(H,12,13);1-2H3/b9-2-;. The quantitative estimate of drug-likeness (QED) is 0.778. The summed E-state index contributed by atoms with van der Waals surface area (Å²) in [4.78, 5) is 10.7. The van der Waals surface area contributed by atoms with E-state index >= 15 is 0 Å². The number of aliphatic carboxylic acids is 1. The lowest BCUT2D eigenvalue weighted by Crippen LogP contribution is -1.98. The van der Waals surface area contributed by atoms with Crippen molar-refractivity contribution < 1.29 is 9.90 Å². The SMILES string of the molecule is C/C=C(\C(=O)O)c1ccc(Cl)cc1.CC. The molecule has 0 bridgehead atoms. The minimum absolute atomic E-state index is 0.289. The number of hydrogen-bond acceptors (Lipinski definition) is 1. The molecule has 0 saturated carbocycles. The molecule has 0 saturated heterocycles. The summed E-state index contributed by atoms with van der Waals surface area (Å²) >= 11 is 5.67. The number of hydrogen-bond donors (Lipinski definition) is 1. The van der Waals surface area contributed by atoms with Gasteiger partial charge in [-0.3, -0.25) is 0 Å². The molecule has 15 heavy (non-hydrogen) atoms. The molecular formula is C12H15ClO2. The average Bonchev–Trinajstić information content (AvgIpc) is 2.24. The first kappa shape index (κ1) is 13.7. The Balaban J connectivity index is 0.000000921. The molecule has 1 rings (SSSR count). The Kier molecular flexibility index (Phi) is 6.47. The number of carbonyl (C=O) groups is 1. The van der Waals surface area contributed by atoms with Gasteiger partial charge in [0.05, 0.1) is 5.57 Å². The summed E-state index contributed by atoms with van der Waals surface area (Å²) in [6.07, 6.45) is 1.56. The smallest absolute Gasteiger partial charge is 0.335 e. The molecule has 0 amide bonds. The summed E-state index contributed by atoms with van der Waals surface area (Å²) in [6.45, 7) is 5.69. The van der Waals surface area contributed by atoms with Crippen LogP contribution in [0.15, 0.2) is 30.3 Å². The second-order valence-corrected chi connectivity index (χ2v) is 2.95. The van der Waals surface area contributed by atoms with Gasteiger partial charge in [-0.05, 0) is 24.6 Å². The zero-order valence-corrected chi connectivity index (χ0v) is 9.88. The molecule has 0 unspecified atom stereocenters. The maximum Gasteiger partial charge on any atom is 0.335 e. The van der Waals surface area contributed by atoms with Gasteiger partial charge >= 0.3 is 5.97 Å². The van der Waals surface area contributed by atoms with Gasteiger partial charge in [-0.1, -0.05) is 43.7 Å². The Labute approximate surface area is 95.2 Å². The van der Waals surface area contributed by atoms with E-state index in [0.29, 0.717) is 10.6 Å². The average molecular weight is 227 g/mol. The lowest BCUT2D eigenvalue weighted by molar-refractivity contribution is -0.130. The Morgan fingerprint density at radius 1 is 1.27 bits per heavy atom. The van der Waals surface area contributed by atoms with Crippen LogP contribution in [0.5, 0.6) is 0 Å². The zero-order chi connectivity index (χ0) is 11.8. The molecule has 82 valence electrons. The third-order valence-electron chi connectivity index (χ3n) is 1.67. The molecule has 0 aliphatic carbocycles. The Morgan fingerprint density at radius 3 is 2.07 bits per heavy atom. The predicted octanol–water partition coefficient (Wildman–Crippen LogP) is 3.85. The Hall–Kier alpha value is -1.28. The van der Waals surface area contributed by atoms with Crippen molar-refractivity contribution in [3.8, 4) is 0 Å². The van der Waals surface area contributed by atoms with E-state index in [9.17, 15) is 4.79 Å². The van der Waals surface area contributed by atoms with Crippen LogP contribution in [0.2, 0.25) is 5.02 Å². The molecule has 0 aliphatic heterocycles. The van der Waals surface area contributed by atoms with Gasteiger partial charge in [0.15, 0.2) is 0 Å². The fourth-order valence-corrected chi connectivity index (χ4v) is 1.17. The molecule has 0 fully saturated rings. The summed E-state index contributed by atoms with van der Waals surface area (Å²) in [5.41, 5.74) is 0.955. The molecule has 1 aromatic rings. The highest BCUT2D eigenvalue weighted by molar-refractivity contribution is 6.30. The summed E-state index contributed by atoms with van der Waals surface area (Å²) in [5.74, 6) is -0.926. The lowest BCUT2D eigenvalue weighted by atomic mass is 10.1. The number of rotatable bonds is 2. The van der Waals surface area contributed by atoms with Crippen LogP contribution < -0.4 is 0 Å². The summed E-state index contributed by atoms with van der Waals surface area (Å²) in [6, 6.07) is 6.71. The Morgan fingerprint density at radius 2 is 1.73 bits per heavy atom. The van der Waals surface area contributed by atoms with Gasteiger partial charge in [0.1, 0.15) is 0 Å². The normalized spacial score (nSPS) is 10.3. The van der Waals surface area contributed by atoms with Crippen molar-refractivity contribution in [2.75, 3.05) is 0 Å². The van der Waals surface area contributed by atoms with E-state index in [-0.39, 0.29) is 5.57 Å². The van der Waals surface area contributed by atoms with Crippen molar-refractivity contribution in [3.05, 3.63) is 40.9 Å². The molecule has 1 N–H and O–H groups in total. The van der Waals surface area contributed by atoms with Crippen molar-refractivity contribution in [2.24, 2.45) is 0 Å². The van der Waals surface area contributed by atoms with Crippen LogP contribution >= 0.6 is 11.6 Å². The van der Waals surface area contributed by atoms with Crippen LogP contribution in [0.3, 0.4) is 0 Å². The van der Waals surface area contributed by atoms with Gasteiger partial charge in [0.25, 0.3) is 0 Å². The summed E-state index contributed by atoms with van der Waals surface area (Å²) < 4.78 is 0. The highest BCUT2D eigenvalue weighted by atomic mass is 35.5. The fraction of sp³-hybridized carbons (Fsp3) is 0.250. The van der Waals surface area contributed by atoms with Gasteiger partial charge in [-0.2, -0.15) is 0 Å². The van der Waals surface area contributed by atoms with Crippen molar-refractivity contribution >= 4 is 23.1 Å². The summed E-state index contributed by atoms with van der Waals surface area (Å²) in [7, 11) is 0. The largest absolute Gasteiger partial charge is 0.478 e. The third-order valence-corrected chi connectivity index (χ3v) is 1.93. The maximum atomic E-state index is 10.7. The first-order valence-electron chi connectivity index (χ1n) is 4.80. The van der Waals surface area contributed by atoms with E-state index in [1.807, 2.05) is 13.8 Å². The van der Waals surface area contributed by atoms with Gasteiger partial charge in [0, 0.05) is 5.02 Å². The molecular weight excluding hydrogens is 212 g/mol. The fourth-order valence-electron chi connectivity index (χ4n) is 1.04. The van der Waals surface area contributed by atoms with Gasteiger partial charge < -0.3 is 5.11 Å². The lowest BCUT2D eigenvalue weighted by Gasteiger charge is -2.00. The number of halogens is 1. The number of carboxylic acids is 1. The summed E-state index contributed by atoms with van der Waals surface area (Å²) in [5, 5.41) is 9.40. The van der Waals surface area contributed by atoms with Crippen LogP contribution in [0, 0.1) is 0 Å². The van der Waals surface area contributed by atoms with Crippen LogP contribution in [0.4, 0.5) is 0 Å². The van der Waals surface area contributed by atoms with E-state index in [1.165, 1.54) is 0 Å². The second-order valence-electron chi connectivity index (χ2n) is 2.51. The van der Waals surface area contributed by atoms with E-state index in [1.54, 1.807) is 37.3 Å². The second kappa shape index (κ2) is 7.07. The number of carboxylic acid groups (broad SMARTS) is 1. The maximum absolute atomic E-state index is 10.7. The topological polar surface area (TPSA) is 37.3 Å². The monoisotopic (exact) mass is 226 g/mol. The van der Waals surface area contributed by atoms with Crippen molar-refractivity contribution in [2.45, 2.75) is 20.8 Å². The van der Waals surface area contributed by atoms with Gasteiger partial charge in [-0.25, -0.2) is 4.79 Å². The van der Waals surface area contributed by atoms with E-state index in [0.717, 1.165) is 0 Å². The number of benzene rings is 1. The molecule has 0 aromatic heterocycles. The first-order chi connectivity index (χ1) is 7.15. The molecule has 3 heteroatoms. The third kappa shape index (κ3) is 4.17. The highest BCUT2D eigenvalue weighted by Gasteiger charge is 2.07. The highest BCUT2D eigenvalue weighted by Crippen LogP contribution is 2.17. The minimum atomic E-state index is -0.926. The van der Waals surface area contributed by atoms with Gasteiger partial charge in [0.2, 0.25) is 0 Å². The molecule has 0 heterocycles. The zero-order valence-electron chi connectivity index (χ0n) is 9.12. The van der Waals surface area contributed by atoms with Crippen molar-refractivity contribution in [1.82, 2.24) is 0 Å². The Bertz CT molecular complexity index is 339. The van der Waals surface area contributed by atoms with Crippen LogP contribution in [0.1, 0.15) is 26.3 Å². The molecule has 0 aliphatic rings.